The first-order valence-corrected chi connectivity index (χ1v) is 5.90. The van der Waals surface area contributed by atoms with Gasteiger partial charge in [0.25, 0.3) is 0 Å². The standard InChI is InChI=1S/C13H17NO4/c1-18-10-4-2-9(3-5-10)8-14-12(16)7-6-11(15)13(14)17/h2-5,11,13,15,17H,6-8H2,1H3. The molecule has 1 fully saturated rings. The van der Waals surface area contributed by atoms with Crippen molar-refractivity contribution in [2.45, 2.75) is 31.7 Å². The number of aliphatic hydroxyl groups is 2. The summed E-state index contributed by atoms with van der Waals surface area (Å²) in [5.41, 5.74) is 0.886. The maximum Gasteiger partial charge on any atom is 0.225 e. The molecule has 1 aromatic carbocycles. The molecule has 5 heteroatoms. The number of methoxy groups -OCH3 is 1. The van der Waals surface area contributed by atoms with Crippen LogP contribution in [0.25, 0.3) is 0 Å². The number of hydrogen-bond acceptors (Lipinski definition) is 4. The van der Waals surface area contributed by atoms with Crippen molar-refractivity contribution in [3.8, 4) is 5.75 Å². The smallest absolute Gasteiger partial charge is 0.225 e. The molecule has 98 valence electrons. The van der Waals surface area contributed by atoms with E-state index < -0.39 is 12.3 Å². The molecule has 2 N–H and O–H groups in total. The third-order valence-electron chi connectivity index (χ3n) is 3.15. The second kappa shape index (κ2) is 5.37. The van der Waals surface area contributed by atoms with E-state index in [-0.39, 0.29) is 12.3 Å². The highest BCUT2D eigenvalue weighted by atomic mass is 16.5. The van der Waals surface area contributed by atoms with Gasteiger partial charge in [0, 0.05) is 13.0 Å². The summed E-state index contributed by atoms with van der Waals surface area (Å²) in [6, 6.07) is 7.26. The first-order chi connectivity index (χ1) is 8.61. The van der Waals surface area contributed by atoms with Gasteiger partial charge in [0.05, 0.1) is 13.2 Å². The van der Waals surface area contributed by atoms with Crippen LogP contribution in [0.1, 0.15) is 18.4 Å². The van der Waals surface area contributed by atoms with Gasteiger partial charge in [-0.05, 0) is 24.1 Å². The fourth-order valence-corrected chi connectivity index (χ4v) is 2.03. The van der Waals surface area contributed by atoms with Crippen molar-refractivity contribution in [1.82, 2.24) is 4.90 Å². The lowest BCUT2D eigenvalue weighted by Crippen LogP contribution is -2.50. The van der Waals surface area contributed by atoms with Crippen molar-refractivity contribution < 1.29 is 19.7 Å². The number of carbonyl (C=O) groups excluding carboxylic acids is 1. The van der Waals surface area contributed by atoms with Crippen molar-refractivity contribution in [2.75, 3.05) is 7.11 Å². The third kappa shape index (κ3) is 2.63. The molecule has 1 saturated heterocycles. The Labute approximate surface area is 106 Å². The fourth-order valence-electron chi connectivity index (χ4n) is 2.03. The van der Waals surface area contributed by atoms with Crippen LogP contribution >= 0.6 is 0 Å². The predicted molar refractivity (Wildman–Crippen MR) is 64.8 cm³/mol. The van der Waals surface area contributed by atoms with Crippen LogP contribution in [-0.2, 0) is 11.3 Å². The number of piperidine rings is 1. The highest BCUT2D eigenvalue weighted by Crippen LogP contribution is 2.20. The number of likely N-dealkylation sites (tertiary alicyclic amines) is 1. The molecule has 1 aliphatic rings. The van der Waals surface area contributed by atoms with E-state index in [4.69, 9.17) is 4.74 Å². The van der Waals surface area contributed by atoms with Crippen molar-refractivity contribution in [2.24, 2.45) is 0 Å². The fraction of sp³-hybridized carbons (Fsp3) is 0.462. The minimum Gasteiger partial charge on any atom is -0.497 e. The van der Waals surface area contributed by atoms with E-state index in [1.807, 2.05) is 12.1 Å². The van der Waals surface area contributed by atoms with Gasteiger partial charge in [0.1, 0.15) is 5.75 Å². The minimum absolute atomic E-state index is 0.136. The van der Waals surface area contributed by atoms with Gasteiger partial charge in [-0.2, -0.15) is 0 Å². The van der Waals surface area contributed by atoms with E-state index in [0.717, 1.165) is 11.3 Å². The van der Waals surface area contributed by atoms with Crippen molar-refractivity contribution in [3.63, 3.8) is 0 Å². The van der Waals surface area contributed by atoms with E-state index in [9.17, 15) is 15.0 Å². The second-order valence-corrected chi connectivity index (χ2v) is 4.39. The van der Waals surface area contributed by atoms with Crippen molar-refractivity contribution >= 4 is 5.91 Å². The monoisotopic (exact) mass is 251 g/mol. The molecule has 0 aromatic heterocycles. The van der Waals surface area contributed by atoms with Crippen molar-refractivity contribution in [1.29, 1.82) is 0 Å². The zero-order valence-electron chi connectivity index (χ0n) is 10.2. The van der Waals surface area contributed by atoms with Gasteiger partial charge in [-0.1, -0.05) is 12.1 Å². The van der Waals surface area contributed by atoms with Gasteiger partial charge in [0.15, 0.2) is 6.23 Å². The molecule has 18 heavy (non-hydrogen) atoms. The maximum absolute atomic E-state index is 11.7. The first kappa shape index (κ1) is 12.9. The van der Waals surface area contributed by atoms with Crippen LogP contribution in [-0.4, -0.2) is 40.5 Å². The molecule has 0 aliphatic carbocycles. The predicted octanol–water partition coefficient (Wildman–Crippen LogP) is 0.497. The summed E-state index contributed by atoms with van der Waals surface area (Å²) in [7, 11) is 1.59. The number of benzene rings is 1. The van der Waals surface area contributed by atoms with Crippen LogP contribution in [0.5, 0.6) is 5.75 Å². The van der Waals surface area contributed by atoms with Crippen LogP contribution in [0.4, 0.5) is 0 Å². The van der Waals surface area contributed by atoms with Gasteiger partial charge in [-0.3, -0.25) is 4.79 Å². The normalized spacial score (nSPS) is 24.2. The Hall–Kier alpha value is -1.59. The molecule has 2 atom stereocenters. The molecule has 0 spiro atoms. The molecule has 2 unspecified atom stereocenters. The highest BCUT2D eigenvalue weighted by Gasteiger charge is 2.32. The lowest BCUT2D eigenvalue weighted by atomic mass is 10.0. The summed E-state index contributed by atoms with van der Waals surface area (Å²) < 4.78 is 5.05. The van der Waals surface area contributed by atoms with Gasteiger partial charge >= 0.3 is 0 Å². The average Bonchev–Trinajstić information content (AvgIpc) is 2.40. The number of rotatable bonds is 3. The van der Waals surface area contributed by atoms with E-state index in [2.05, 4.69) is 0 Å². The Morgan fingerprint density at radius 3 is 2.61 bits per heavy atom. The molecule has 0 saturated carbocycles. The summed E-state index contributed by atoms with van der Waals surface area (Å²) in [4.78, 5) is 13.0. The van der Waals surface area contributed by atoms with E-state index in [1.165, 1.54) is 4.90 Å². The molecular weight excluding hydrogens is 234 g/mol. The molecule has 1 aromatic rings. The largest absolute Gasteiger partial charge is 0.497 e. The number of amides is 1. The summed E-state index contributed by atoms with van der Waals surface area (Å²) in [5.74, 6) is 0.605. The zero-order valence-corrected chi connectivity index (χ0v) is 10.2. The highest BCUT2D eigenvalue weighted by molar-refractivity contribution is 5.77. The Morgan fingerprint density at radius 1 is 1.33 bits per heavy atom. The third-order valence-corrected chi connectivity index (χ3v) is 3.15. The molecule has 1 heterocycles. The van der Waals surface area contributed by atoms with E-state index >= 15 is 0 Å². The van der Waals surface area contributed by atoms with E-state index in [0.29, 0.717) is 13.0 Å². The molecule has 0 radical (unpaired) electrons. The lowest BCUT2D eigenvalue weighted by molar-refractivity contribution is -0.162. The summed E-state index contributed by atoms with van der Waals surface area (Å²) in [5, 5.41) is 19.4. The van der Waals surface area contributed by atoms with Crippen molar-refractivity contribution in [3.05, 3.63) is 29.8 Å². The summed E-state index contributed by atoms with van der Waals surface area (Å²) in [6.45, 7) is 0.293. The van der Waals surface area contributed by atoms with Crippen LogP contribution < -0.4 is 4.74 Å². The Morgan fingerprint density at radius 2 is 2.00 bits per heavy atom. The Kier molecular flexibility index (Phi) is 3.84. The van der Waals surface area contributed by atoms with Crippen LogP contribution in [0.2, 0.25) is 0 Å². The maximum atomic E-state index is 11.7. The molecule has 1 amide bonds. The first-order valence-electron chi connectivity index (χ1n) is 5.90. The van der Waals surface area contributed by atoms with Crippen LogP contribution in [0.15, 0.2) is 24.3 Å². The molecule has 5 nitrogen and oxygen atoms in total. The van der Waals surface area contributed by atoms with Gasteiger partial charge in [-0.25, -0.2) is 0 Å². The molecular formula is C13H17NO4. The number of ether oxygens (including phenoxy) is 1. The van der Waals surface area contributed by atoms with Gasteiger partial charge in [0.2, 0.25) is 5.91 Å². The SMILES string of the molecule is COc1ccc(CN2C(=O)CCC(O)C2O)cc1. The molecule has 0 bridgehead atoms. The topological polar surface area (TPSA) is 70.0 Å². The number of aliphatic hydroxyl groups excluding tert-OH is 2. The second-order valence-electron chi connectivity index (χ2n) is 4.39. The number of carbonyl (C=O) groups is 1. The van der Waals surface area contributed by atoms with Gasteiger partial charge in [-0.15, -0.1) is 0 Å². The van der Waals surface area contributed by atoms with Gasteiger partial charge < -0.3 is 19.8 Å². The quantitative estimate of drug-likeness (QED) is 0.820. The summed E-state index contributed by atoms with van der Waals surface area (Å²) in [6.07, 6.45) is -1.39. The Balaban J connectivity index is 2.08. The lowest BCUT2D eigenvalue weighted by Gasteiger charge is -2.35. The molecule has 1 aliphatic heterocycles. The Bertz CT molecular complexity index is 418. The van der Waals surface area contributed by atoms with Crippen LogP contribution in [0, 0.1) is 0 Å². The number of hydrogen-bond donors (Lipinski definition) is 2. The van der Waals surface area contributed by atoms with E-state index in [1.54, 1.807) is 19.2 Å². The number of nitrogens with zero attached hydrogens (tertiary/aromatic N) is 1. The summed E-state index contributed by atoms with van der Waals surface area (Å²) >= 11 is 0. The molecule has 2 rings (SSSR count). The zero-order chi connectivity index (χ0) is 13.1. The van der Waals surface area contributed by atoms with Crippen LogP contribution in [0.3, 0.4) is 0 Å². The average molecular weight is 251 g/mol. The minimum atomic E-state index is -1.12.